The maximum Gasteiger partial charge on any atom is 0.0814 e. The molecular weight excluding hydrogens is 162 g/mol. The van der Waals surface area contributed by atoms with E-state index >= 15 is 0 Å². The van der Waals surface area contributed by atoms with Gasteiger partial charge >= 0.3 is 0 Å². The highest BCUT2D eigenvalue weighted by atomic mass is 31.1. The Kier molecular flexibility index (Phi) is 5.41. The predicted octanol–water partition coefficient (Wildman–Crippen LogP) is 1.90. The Hall–Kier alpha value is -0.805. The number of benzene rings is 1. The third-order valence-electron chi connectivity index (χ3n) is 1.45. The first kappa shape index (κ1) is 11.2. The molecule has 0 atom stereocenters. The summed E-state index contributed by atoms with van der Waals surface area (Å²) >= 11 is 0. The van der Waals surface area contributed by atoms with E-state index in [0.29, 0.717) is 0 Å². The molecule has 0 aliphatic rings. The van der Waals surface area contributed by atoms with Crippen molar-refractivity contribution in [2.75, 3.05) is 0 Å². The zero-order valence-corrected chi connectivity index (χ0v) is 7.30. The van der Waals surface area contributed by atoms with E-state index in [1.807, 2.05) is 29.8 Å². The van der Waals surface area contributed by atoms with E-state index in [9.17, 15) is 0 Å². The summed E-state index contributed by atoms with van der Waals surface area (Å²) < 4.78 is 0. The Morgan fingerprint density at radius 2 is 1.50 bits per heavy atom. The maximum atomic E-state index is 3.77. The van der Waals surface area contributed by atoms with Gasteiger partial charge in [-0.25, -0.2) is 0 Å². The molecule has 1 aromatic rings. The Balaban J connectivity index is 0.00000121. The van der Waals surface area contributed by atoms with Gasteiger partial charge in [0, 0.05) is 0 Å². The van der Waals surface area contributed by atoms with Gasteiger partial charge in [0.1, 0.15) is 0 Å². The van der Waals surface area contributed by atoms with E-state index in [1.165, 1.54) is 5.30 Å². The first-order valence-electron chi connectivity index (χ1n) is 3.47. The molecule has 12 heavy (non-hydrogen) atoms. The van der Waals surface area contributed by atoms with E-state index in [4.69, 9.17) is 0 Å². The average Bonchev–Trinajstić information content (AvgIpc) is 2.09. The monoisotopic (exact) mass is 176 g/mol. The van der Waals surface area contributed by atoms with Gasteiger partial charge in [0.2, 0.25) is 0 Å². The molecule has 0 saturated carbocycles. The van der Waals surface area contributed by atoms with Crippen LogP contribution in [0.25, 0.3) is 0 Å². The number of rotatable bonds is 3. The SMILES string of the molecule is B.C=CP(C=C)c1ccccc1. The van der Waals surface area contributed by atoms with Crippen molar-refractivity contribution in [2.24, 2.45) is 0 Å². The van der Waals surface area contributed by atoms with Gasteiger partial charge in [0.25, 0.3) is 0 Å². The van der Waals surface area contributed by atoms with E-state index in [1.54, 1.807) is 0 Å². The summed E-state index contributed by atoms with van der Waals surface area (Å²) in [5.74, 6) is 3.91. The zero-order chi connectivity index (χ0) is 8.10. The number of hydrogen-bond donors (Lipinski definition) is 0. The third kappa shape index (κ3) is 2.67. The lowest BCUT2D eigenvalue weighted by Crippen LogP contribution is -1.94. The topological polar surface area (TPSA) is 0 Å². The Morgan fingerprint density at radius 1 is 1.00 bits per heavy atom. The Labute approximate surface area is 77.3 Å². The molecule has 0 saturated heterocycles. The van der Waals surface area contributed by atoms with Crippen molar-refractivity contribution < 1.29 is 0 Å². The fourth-order valence-corrected chi connectivity index (χ4v) is 1.97. The van der Waals surface area contributed by atoms with Crippen LogP contribution in [-0.4, -0.2) is 8.41 Å². The highest BCUT2D eigenvalue weighted by Gasteiger charge is 1.98. The van der Waals surface area contributed by atoms with Gasteiger partial charge in [0.15, 0.2) is 0 Å². The quantitative estimate of drug-likeness (QED) is 0.487. The van der Waals surface area contributed by atoms with Crippen molar-refractivity contribution in [2.45, 2.75) is 0 Å². The molecule has 0 bridgehead atoms. The molecule has 0 amide bonds. The second-order valence-electron chi connectivity index (χ2n) is 2.11. The molecule has 0 aromatic heterocycles. The largest absolute Gasteiger partial charge is 0.0980 e. The van der Waals surface area contributed by atoms with Crippen LogP contribution in [0.5, 0.6) is 0 Å². The van der Waals surface area contributed by atoms with Crippen molar-refractivity contribution in [3.8, 4) is 0 Å². The molecule has 0 N–H and O–H groups in total. The molecule has 1 aromatic carbocycles. The average molecular weight is 176 g/mol. The van der Waals surface area contributed by atoms with Crippen LogP contribution in [0.15, 0.2) is 55.1 Å². The minimum atomic E-state index is -0.324. The summed E-state index contributed by atoms with van der Waals surface area (Å²) in [6.07, 6.45) is 0. The summed E-state index contributed by atoms with van der Waals surface area (Å²) in [4.78, 5) is 0. The molecule has 0 unspecified atom stereocenters. The molecule has 0 fully saturated rings. The van der Waals surface area contributed by atoms with Crippen LogP contribution in [0, 0.1) is 0 Å². The lowest BCUT2D eigenvalue weighted by atomic mass is 10.4. The minimum Gasteiger partial charge on any atom is -0.0980 e. The van der Waals surface area contributed by atoms with Gasteiger partial charge in [-0.05, 0) is 13.2 Å². The van der Waals surface area contributed by atoms with Crippen molar-refractivity contribution in [1.82, 2.24) is 0 Å². The summed E-state index contributed by atoms with van der Waals surface area (Å²) in [5, 5.41) is 1.31. The molecule has 0 aliphatic heterocycles. The Morgan fingerprint density at radius 3 is 1.92 bits per heavy atom. The third-order valence-corrected chi connectivity index (χ3v) is 3.13. The molecular formula is C10H14BP. The van der Waals surface area contributed by atoms with Crippen molar-refractivity contribution in [3.05, 3.63) is 55.1 Å². The first-order valence-corrected chi connectivity index (χ1v) is 4.95. The molecule has 1 rings (SSSR count). The zero-order valence-electron chi connectivity index (χ0n) is 6.40. The molecule has 0 heterocycles. The second-order valence-corrected chi connectivity index (χ2v) is 4.17. The van der Waals surface area contributed by atoms with Crippen LogP contribution in [0.2, 0.25) is 0 Å². The maximum absolute atomic E-state index is 3.77. The van der Waals surface area contributed by atoms with Gasteiger partial charge in [-0.2, -0.15) is 0 Å². The van der Waals surface area contributed by atoms with Crippen LogP contribution >= 0.6 is 7.92 Å². The molecule has 0 radical (unpaired) electrons. The standard InChI is InChI=1S/C10H11P.BH3/c1-3-11(4-2)10-8-6-5-7-9-10;/h3-9H,1-2H2;1H3. The summed E-state index contributed by atoms with van der Waals surface area (Å²) in [6, 6.07) is 10.3. The van der Waals surface area contributed by atoms with E-state index in [0.717, 1.165) is 0 Å². The van der Waals surface area contributed by atoms with Gasteiger partial charge in [-0.1, -0.05) is 55.1 Å². The normalized spacial score (nSPS) is 8.75. The van der Waals surface area contributed by atoms with Crippen molar-refractivity contribution >= 4 is 21.6 Å². The van der Waals surface area contributed by atoms with Gasteiger partial charge in [0.05, 0.1) is 8.41 Å². The predicted molar refractivity (Wildman–Crippen MR) is 63.3 cm³/mol. The minimum absolute atomic E-state index is 0. The first-order chi connectivity index (χ1) is 5.38. The van der Waals surface area contributed by atoms with Crippen LogP contribution in [-0.2, 0) is 0 Å². The van der Waals surface area contributed by atoms with Crippen LogP contribution < -0.4 is 5.30 Å². The highest BCUT2D eigenvalue weighted by Crippen LogP contribution is 2.35. The fraction of sp³-hybridized carbons (Fsp3) is 0. The Bertz CT molecular complexity index is 235. The van der Waals surface area contributed by atoms with Gasteiger partial charge < -0.3 is 0 Å². The molecule has 62 valence electrons. The lowest BCUT2D eigenvalue weighted by Gasteiger charge is -2.05. The van der Waals surface area contributed by atoms with Crippen LogP contribution in [0.4, 0.5) is 0 Å². The van der Waals surface area contributed by atoms with Gasteiger partial charge in [-0.15, -0.1) is 0 Å². The summed E-state index contributed by atoms with van der Waals surface area (Å²) in [7, 11) is -0.324. The summed E-state index contributed by atoms with van der Waals surface area (Å²) in [5.41, 5.74) is 0. The molecule has 0 aliphatic carbocycles. The molecule has 2 heteroatoms. The van der Waals surface area contributed by atoms with E-state index in [2.05, 4.69) is 25.3 Å². The summed E-state index contributed by atoms with van der Waals surface area (Å²) in [6.45, 7) is 7.53. The van der Waals surface area contributed by atoms with Crippen LogP contribution in [0.1, 0.15) is 0 Å². The number of hydrogen-bond acceptors (Lipinski definition) is 0. The van der Waals surface area contributed by atoms with Gasteiger partial charge in [-0.3, -0.25) is 0 Å². The van der Waals surface area contributed by atoms with E-state index < -0.39 is 0 Å². The smallest absolute Gasteiger partial charge is 0.0814 e. The van der Waals surface area contributed by atoms with Crippen molar-refractivity contribution in [3.63, 3.8) is 0 Å². The molecule has 0 nitrogen and oxygen atoms in total. The molecule has 0 spiro atoms. The lowest BCUT2D eigenvalue weighted by molar-refractivity contribution is 1.77. The van der Waals surface area contributed by atoms with Crippen LogP contribution in [0.3, 0.4) is 0 Å². The van der Waals surface area contributed by atoms with E-state index in [-0.39, 0.29) is 16.3 Å². The second kappa shape index (κ2) is 5.80. The highest BCUT2D eigenvalue weighted by molar-refractivity contribution is 7.71. The van der Waals surface area contributed by atoms with Crippen molar-refractivity contribution in [1.29, 1.82) is 0 Å². The fourth-order valence-electron chi connectivity index (χ4n) is 0.885.